The van der Waals surface area contributed by atoms with E-state index in [0.717, 1.165) is 12.8 Å². The van der Waals surface area contributed by atoms with Crippen molar-refractivity contribution >= 4 is 35.7 Å². The van der Waals surface area contributed by atoms with Crippen LogP contribution in [0.1, 0.15) is 19.8 Å². The molecule has 0 saturated carbocycles. The van der Waals surface area contributed by atoms with Crippen molar-refractivity contribution in [1.29, 1.82) is 0 Å². The van der Waals surface area contributed by atoms with Crippen molar-refractivity contribution in [1.82, 2.24) is 29.9 Å². The highest BCUT2D eigenvalue weighted by Gasteiger charge is 2.04. The average Bonchev–Trinajstić information content (AvgIpc) is 2.57. The quantitative estimate of drug-likeness (QED) is 0.317. The maximum Gasteiger partial charge on any atom is 0.229 e. The molecule has 136 valence electrons. The molecule has 2 aromatic rings. The van der Waals surface area contributed by atoms with Crippen LogP contribution in [0.25, 0.3) is 0 Å². The van der Waals surface area contributed by atoms with E-state index in [2.05, 4.69) is 51.2 Å². The second kappa shape index (κ2) is 9.20. The number of nitrogen functional groups attached to an aromatic ring is 2. The molecule has 0 spiro atoms. The van der Waals surface area contributed by atoms with Gasteiger partial charge in [-0.05, 0) is 19.8 Å². The van der Waals surface area contributed by atoms with E-state index in [4.69, 9.17) is 11.5 Å². The normalized spacial score (nSPS) is 10.3. The number of nitrogens with one attached hydrogen (secondary N) is 4. The van der Waals surface area contributed by atoms with E-state index in [1.54, 1.807) is 7.05 Å². The second-order valence-corrected chi connectivity index (χ2v) is 5.02. The zero-order chi connectivity index (χ0) is 18.1. The summed E-state index contributed by atoms with van der Waals surface area (Å²) >= 11 is 0. The molecule has 0 aliphatic heterocycles. The van der Waals surface area contributed by atoms with Crippen LogP contribution in [0.5, 0.6) is 0 Å². The van der Waals surface area contributed by atoms with E-state index in [1.807, 2.05) is 6.92 Å². The van der Waals surface area contributed by atoms with Crippen LogP contribution in [-0.4, -0.2) is 56.6 Å². The summed E-state index contributed by atoms with van der Waals surface area (Å²) < 4.78 is 0. The van der Waals surface area contributed by atoms with E-state index in [1.165, 1.54) is 0 Å². The number of anilines is 6. The van der Waals surface area contributed by atoms with Gasteiger partial charge in [0.2, 0.25) is 35.7 Å². The fourth-order valence-electron chi connectivity index (χ4n) is 1.94. The Morgan fingerprint density at radius 3 is 1.60 bits per heavy atom. The van der Waals surface area contributed by atoms with E-state index in [9.17, 15) is 0 Å². The summed E-state index contributed by atoms with van der Waals surface area (Å²) in [6, 6.07) is 0. The summed E-state index contributed by atoms with van der Waals surface area (Å²) in [5.74, 6) is 2.16. The van der Waals surface area contributed by atoms with Crippen LogP contribution in [0.4, 0.5) is 35.7 Å². The first-order valence-corrected chi connectivity index (χ1v) is 8.03. The Morgan fingerprint density at radius 1 is 0.680 bits per heavy atom. The molecular formula is C13H24N12. The fraction of sp³-hybridized carbons (Fsp3) is 0.538. The predicted molar refractivity (Wildman–Crippen MR) is 98.4 cm³/mol. The molecule has 0 aromatic carbocycles. The Labute approximate surface area is 145 Å². The third-order valence-corrected chi connectivity index (χ3v) is 3.03. The molecule has 0 unspecified atom stereocenters. The van der Waals surface area contributed by atoms with Crippen LogP contribution in [0, 0.1) is 0 Å². The molecule has 12 nitrogen and oxygen atoms in total. The maximum absolute atomic E-state index is 5.66. The molecule has 0 aliphatic rings. The summed E-state index contributed by atoms with van der Waals surface area (Å²) in [5.41, 5.74) is 11.3. The molecule has 0 aliphatic carbocycles. The highest BCUT2D eigenvalue weighted by atomic mass is 15.2. The van der Waals surface area contributed by atoms with E-state index in [-0.39, 0.29) is 11.9 Å². The highest BCUT2D eigenvalue weighted by Crippen LogP contribution is 2.08. The van der Waals surface area contributed by atoms with Crippen LogP contribution in [-0.2, 0) is 0 Å². The Morgan fingerprint density at radius 2 is 1.12 bits per heavy atom. The van der Waals surface area contributed by atoms with Crippen molar-refractivity contribution in [3.05, 3.63) is 0 Å². The number of nitrogens with two attached hydrogens (primary N) is 2. The number of hydrogen-bond donors (Lipinski definition) is 6. The second-order valence-electron chi connectivity index (χ2n) is 5.02. The Hall–Kier alpha value is -3.18. The van der Waals surface area contributed by atoms with Crippen LogP contribution in [0.2, 0.25) is 0 Å². The Bertz CT molecular complexity index is 676. The van der Waals surface area contributed by atoms with Gasteiger partial charge in [0, 0.05) is 26.7 Å². The third-order valence-electron chi connectivity index (χ3n) is 3.03. The predicted octanol–water partition coefficient (Wildman–Crippen LogP) is -0.00130. The molecular weight excluding hydrogens is 324 g/mol. The van der Waals surface area contributed by atoms with E-state index in [0.29, 0.717) is 43.4 Å². The highest BCUT2D eigenvalue weighted by molar-refractivity contribution is 5.40. The standard InChI is InChI=1S/C13H24N12/c1-3-17-11-21-9(15)23-13(25-11)19-7-5-4-6-18-12-22-8(14)20-10(16-2)24-12/h3-7H2,1-2H3,(H4,14,16,18,20,22,24)(H4,15,17,19,21,23,25). The number of nitrogens with zero attached hydrogens (tertiary/aromatic N) is 6. The van der Waals surface area contributed by atoms with E-state index >= 15 is 0 Å². The summed E-state index contributed by atoms with van der Waals surface area (Å²) in [5, 5.41) is 12.1. The molecule has 0 amide bonds. The van der Waals surface area contributed by atoms with Crippen molar-refractivity contribution < 1.29 is 0 Å². The minimum Gasteiger partial charge on any atom is -0.368 e. The van der Waals surface area contributed by atoms with Crippen LogP contribution < -0.4 is 32.7 Å². The van der Waals surface area contributed by atoms with Gasteiger partial charge in [-0.15, -0.1) is 0 Å². The zero-order valence-electron chi connectivity index (χ0n) is 14.4. The summed E-state index contributed by atoms with van der Waals surface area (Å²) in [4.78, 5) is 24.4. The number of hydrogen-bond acceptors (Lipinski definition) is 12. The summed E-state index contributed by atoms with van der Waals surface area (Å²) in [7, 11) is 1.72. The lowest BCUT2D eigenvalue weighted by molar-refractivity contribution is 0.784. The maximum atomic E-state index is 5.66. The minimum atomic E-state index is 0.174. The molecule has 8 N–H and O–H groups in total. The van der Waals surface area contributed by atoms with Crippen molar-refractivity contribution in [3.63, 3.8) is 0 Å². The van der Waals surface area contributed by atoms with Gasteiger partial charge in [0.15, 0.2) is 0 Å². The van der Waals surface area contributed by atoms with Gasteiger partial charge >= 0.3 is 0 Å². The van der Waals surface area contributed by atoms with Gasteiger partial charge < -0.3 is 32.7 Å². The molecule has 0 saturated heterocycles. The molecule has 25 heavy (non-hydrogen) atoms. The van der Waals surface area contributed by atoms with Gasteiger partial charge in [-0.25, -0.2) is 0 Å². The number of aromatic nitrogens is 6. The molecule has 0 bridgehead atoms. The number of unbranched alkanes of at least 4 members (excludes halogenated alkanes) is 1. The lowest BCUT2D eigenvalue weighted by Crippen LogP contribution is -2.13. The van der Waals surface area contributed by atoms with E-state index < -0.39 is 0 Å². The monoisotopic (exact) mass is 348 g/mol. The molecule has 2 heterocycles. The zero-order valence-corrected chi connectivity index (χ0v) is 14.4. The smallest absolute Gasteiger partial charge is 0.229 e. The molecule has 0 fully saturated rings. The largest absolute Gasteiger partial charge is 0.368 e. The number of rotatable bonds is 10. The summed E-state index contributed by atoms with van der Waals surface area (Å²) in [6.07, 6.45) is 1.79. The van der Waals surface area contributed by atoms with Crippen molar-refractivity contribution in [2.24, 2.45) is 0 Å². The van der Waals surface area contributed by atoms with Gasteiger partial charge in [0.1, 0.15) is 0 Å². The van der Waals surface area contributed by atoms with Gasteiger partial charge in [0.05, 0.1) is 0 Å². The Kier molecular flexibility index (Phi) is 6.68. The van der Waals surface area contributed by atoms with Crippen molar-refractivity contribution in [2.75, 3.05) is 59.4 Å². The third kappa shape index (κ3) is 6.08. The molecule has 2 rings (SSSR count). The fourth-order valence-corrected chi connectivity index (χ4v) is 1.94. The van der Waals surface area contributed by atoms with Crippen LogP contribution in [0.15, 0.2) is 0 Å². The molecule has 0 radical (unpaired) electrons. The van der Waals surface area contributed by atoms with Crippen molar-refractivity contribution in [3.8, 4) is 0 Å². The first-order valence-electron chi connectivity index (χ1n) is 8.03. The van der Waals surface area contributed by atoms with Gasteiger partial charge in [-0.3, -0.25) is 0 Å². The Balaban J connectivity index is 1.71. The minimum absolute atomic E-state index is 0.174. The van der Waals surface area contributed by atoms with Gasteiger partial charge in [0.25, 0.3) is 0 Å². The summed E-state index contributed by atoms with van der Waals surface area (Å²) in [6.45, 7) is 4.08. The average molecular weight is 348 g/mol. The first-order chi connectivity index (χ1) is 12.1. The van der Waals surface area contributed by atoms with Crippen LogP contribution >= 0.6 is 0 Å². The van der Waals surface area contributed by atoms with Crippen molar-refractivity contribution in [2.45, 2.75) is 19.8 Å². The molecule has 2 aromatic heterocycles. The topological polar surface area (TPSA) is 178 Å². The molecule has 12 heteroatoms. The lowest BCUT2D eigenvalue weighted by atomic mass is 10.3. The van der Waals surface area contributed by atoms with Gasteiger partial charge in [-0.2, -0.15) is 29.9 Å². The molecule has 0 atom stereocenters. The first kappa shape index (κ1) is 18.2. The lowest BCUT2D eigenvalue weighted by Gasteiger charge is -2.08. The SMILES string of the molecule is CCNc1nc(N)nc(NCCCCNc2nc(N)nc(NC)n2)n1. The van der Waals surface area contributed by atoms with Crippen LogP contribution in [0.3, 0.4) is 0 Å². The van der Waals surface area contributed by atoms with Gasteiger partial charge in [-0.1, -0.05) is 0 Å².